The maximum atomic E-state index is 13.8. The van der Waals surface area contributed by atoms with Gasteiger partial charge in [-0.05, 0) is 18.2 Å². The number of carbonyl (C=O) groups excluding carboxylic acids is 2. The molecule has 7 nitrogen and oxygen atoms in total. The summed E-state index contributed by atoms with van der Waals surface area (Å²) >= 11 is 0. The Hall–Kier alpha value is -3.29. The number of carbonyl (C=O) groups is 2. The Labute approximate surface area is 148 Å². The topological polar surface area (TPSA) is 83.8 Å². The first kappa shape index (κ1) is 17.5. The molecule has 0 spiro atoms. The van der Waals surface area contributed by atoms with Gasteiger partial charge in [-0.2, -0.15) is 0 Å². The van der Waals surface area contributed by atoms with Crippen LogP contribution in [0, 0.1) is 15.9 Å². The van der Waals surface area contributed by atoms with Crippen LogP contribution in [0.5, 0.6) is 0 Å². The molecule has 2 amide bonds. The highest BCUT2D eigenvalue weighted by atomic mass is 19.1. The van der Waals surface area contributed by atoms with Crippen molar-refractivity contribution in [2.45, 2.75) is 0 Å². The predicted molar refractivity (Wildman–Crippen MR) is 91.3 cm³/mol. The fourth-order valence-corrected chi connectivity index (χ4v) is 2.85. The third kappa shape index (κ3) is 3.53. The first-order chi connectivity index (χ1) is 12.5. The van der Waals surface area contributed by atoms with Crippen LogP contribution in [0.25, 0.3) is 0 Å². The normalized spacial score (nSPS) is 14.2. The average molecular weight is 357 g/mol. The lowest BCUT2D eigenvalue weighted by molar-refractivity contribution is -0.384. The quantitative estimate of drug-likeness (QED) is 0.623. The highest BCUT2D eigenvalue weighted by molar-refractivity contribution is 5.96. The number of nitro groups is 1. The zero-order chi connectivity index (χ0) is 18.7. The second-order valence-corrected chi connectivity index (χ2v) is 5.87. The van der Waals surface area contributed by atoms with Crippen molar-refractivity contribution in [2.24, 2.45) is 0 Å². The number of hydrogen-bond donors (Lipinski definition) is 0. The summed E-state index contributed by atoms with van der Waals surface area (Å²) in [6.45, 7) is 1.10. The number of halogens is 1. The van der Waals surface area contributed by atoms with Crippen LogP contribution in [0.15, 0.2) is 48.5 Å². The van der Waals surface area contributed by atoms with Gasteiger partial charge in [0.1, 0.15) is 5.82 Å². The molecule has 8 heteroatoms. The molecule has 1 aliphatic heterocycles. The fourth-order valence-electron chi connectivity index (χ4n) is 2.85. The lowest BCUT2D eigenvalue weighted by atomic mass is 10.1. The molecule has 0 radical (unpaired) electrons. The molecule has 1 fully saturated rings. The van der Waals surface area contributed by atoms with E-state index in [9.17, 15) is 24.1 Å². The Balaban J connectivity index is 1.66. The summed E-state index contributed by atoms with van der Waals surface area (Å²) in [6, 6.07) is 11.3. The Morgan fingerprint density at radius 3 is 2.15 bits per heavy atom. The largest absolute Gasteiger partial charge is 0.335 e. The van der Waals surface area contributed by atoms with Crippen LogP contribution in [-0.4, -0.2) is 52.7 Å². The van der Waals surface area contributed by atoms with E-state index in [1.807, 2.05) is 0 Å². The maximum Gasteiger partial charge on any atom is 0.270 e. The van der Waals surface area contributed by atoms with E-state index in [0.717, 1.165) is 0 Å². The summed E-state index contributed by atoms with van der Waals surface area (Å²) in [6.07, 6.45) is 0. The predicted octanol–water partition coefficient (Wildman–Crippen LogP) is 2.33. The Kier molecular flexibility index (Phi) is 4.92. The number of nitro benzene ring substituents is 1. The van der Waals surface area contributed by atoms with E-state index in [4.69, 9.17) is 0 Å². The van der Waals surface area contributed by atoms with Crippen LogP contribution in [0.1, 0.15) is 20.7 Å². The van der Waals surface area contributed by atoms with Gasteiger partial charge in [0.15, 0.2) is 0 Å². The molecule has 3 rings (SSSR count). The average Bonchev–Trinajstić information content (AvgIpc) is 2.67. The molecule has 0 atom stereocenters. The number of amides is 2. The van der Waals surface area contributed by atoms with Crippen molar-refractivity contribution in [3.8, 4) is 0 Å². The summed E-state index contributed by atoms with van der Waals surface area (Å²) in [5, 5.41) is 10.8. The molecule has 0 N–H and O–H groups in total. The Morgan fingerprint density at radius 2 is 1.54 bits per heavy atom. The number of piperazine rings is 1. The number of rotatable bonds is 3. The van der Waals surface area contributed by atoms with E-state index in [1.54, 1.807) is 6.07 Å². The molecular formula is C18H16FN3O4. The molecule has 134 valence electrons. The number of non-ortho nitro benzene ring substituents is 1. The molecule has 2 aromatic carbocycles. The Bertz CT molecular complexity index is 863. The van der Waals surface area contributed by atoms with E-state index in [0.29, 0.717) is 0 Å². The first-order valence-corrected chi connectivity index (χ1v) is 8.05. The first-order valence-electron chi connectivity index (χ1n) is 8.05. The van der Waals surface area contributed by atoms with Gasteiger partial charge in [0, 0.05) is 43.9 Å². The number of nitrogens with zero attached hydrogens (tertiary/aromatic N) is 3. The molecule has 1 aliphatic rings. The van der Waals surface area contributed by atoms with E-state index < -0.39 is 16.6 Å². The highest BCUT2D eigenvalue weighted by Gasteiger charge is 2.27. The SMILES string of the molecule is O=C(c1cccc([N+](=O)[O-])c1)N1CCN(C(=O)c2ccccc2F)CC1. The third-order valence-corrected chi connectivity index (χ3v) is 4.26. The zero-order valence-electron chi connectivity index (χ0n) is 13.8. The van der Waals surface area contributed by atoms with Gasteiger partial charge in [0.05, 0.1) is 10.5 Å². The minimum absolute atomic E-state index is 0.00552. The highest BCUT2D eigenvalue weighted by Crippen LogP contribution is 2.17. The minimum atomic E-state index is -0.576. The molecule has 0 aromatic heterocycles. The van der Waals surface area contributed by atoms with Gasteiger partial charge >= 0.3 is 0 Å². The van der Waals surface area contributed by atoms with Crippen LogP contribution in [0.3, 0.4) is 0 Å². The maximum absolute atomic E-state index is 13.8. The molecule has 0 unspecified atom stereocenters. The molecule has 26 heavy (non-hydrogen) atoms. The van der Waals surface area contributed by atoms with E-state index in [2.05, 4.69) is 0 Å². The molecule has 0 bridgehead atoms. The van der Waals surface area contributed by atoms with E-state index in [1.165, 1.54) is 52.3 Å². The van der Waals surface area contributed by atoms with Gasteiger partial charge in [-0.3, -0.25) is 19.7 Å². The molecule has 1 heterocycles. The van der Waals surface area contributed by atoms with Crippen LogP contribution >= 0.6 is 0 Å². The van der Waals surface area contributed by atoms with Gasteiger partial charge in [-0.25, -0.2) is 4.39 Å². The summed E-state index contributed by atoms with van der Waals surface area (Å²) in [7, 11) is 0. The van der Waals surface area contributed by atoms with Crippen LogP contribution < -0.4 is 0 Å². The molecule has 0 saturated carbocycles. The minimum Gasteiger partial charge on any atom is -0.335 e. The third-order valence-electron chi connectivity index (χ3n) is 4.26. The molecule has 2 aromatic rings. The van der Waals surface area contributed by atoms with Crippen LogP contribution in [-0.2, 0) is 0 Å². The lowest BCUT2D eigenvalue weighted by Gasteiger charge is -2.34. The Morgan fingerprint density at radius 1 is 0.923 bits per heavy atom. The summed E-state index contributed by atoms with van der Waals surface area (Å²) in [5.41, 5.74) is 0.0863. The van der Waals surface area contributed by atoms with Gasteiger partial charge < -0.3 is 9.80 Å². The monoisotopic (exact) mass is 357 g/mol. The van der Waals surface area contributed by atoms with Crippen LogP contribution in [0.2, 0.25) is 0 Å². The second kappa shape index (κ2) is 7.30. The van der Waals surface area contributed by atoms with Crippen LogP contribution in [0.4, 0.5) is 10.1 Å². The number of benzene rings is 2. The van der Waals surface area contributed by atoms with Crippen molar-refractivity contribution in [3.05, 3.63) is 75.6 Å². The van der Waals surface area contributed by atoms with E-state index in [-0.39, 0.29) is 48.9 Å². The van der Waals surface area contributed by atoms with Crippen molar-refractivity contribution >= 4 is 17.5 Å². The van der Waals surface area contributed by atoms with Gasteiger partial charge in [-0.1, -0.05) is 18.2 Å². The second-order valence-electron chi connectivity index (χ2n) is 5.87. The molecular weight excluding hydrogens is 341 g/mol. The standard InChI is InChI=1S/C18H16FN3O4/c19-16-7-2-1-6-15(16)18(24)21-10-8-20(9-11-21)17(23)13-4-3-5-14(12-13)22(25)26/h1-7,12H,8-11H2. The smallest absolute Gasteiger partial charge is 0.270 e. The molecule has 1 saturated heterocycles. The summed E-state index contributed by atoms with van der Waals surface area (Å²) < 4.78 is 13.8. The molecule has 0 aliphatic carbocycles. The van der Waals surface area contributed by atoms with Crippen molar-refractivity contribution < 1.29 is 18.9 Å². The van der Waals surface area contributed by atoms with Crippen molar-refractivity contribution in [2.75, 3.05) is 26.2 Å². The van der Waals surface area contributed by atoms with Gasteiger partial charge in [0.2, 0.25) is 0 Å². The van der Waals surface area contributed by atoms with Crippen molar-refractivity contribution in [1.29, 1.82) is 0 Å². The summed E-state index contributed by atoms with van der Waals surface area (Å²) in [5.74, 6) is -1.31. The lowest BCUT2D eigenvalue weighted by Crippen LogP contribution is -2.50. The summed E-state index contributed by atoms with van der Waals surface area (Å²) in [4.78, 5) is 38.2. The fraction of sp³-hybridized carbons (Fsp3) is 0.222. The number of hydrogen-bond acceptors (Lipinski definition) is 4. The van der Waals surface area contributed by atoms with Crippen molar-refractivity contribution in [3.63, 3.8) is 0 Å². The zero-order valence-corrected chi connectivity index (χ0v) is 13.8. The van der Waals surface area contributed by atoms with Crippen molar-refractivity contribution in [1.82, 2.24) is 9.80 Å². The van der Waals surface area contributed by atoms with Gasteiger partial charge in [0.25, 0.3) is 17.5 Å². The van der Waals surface area contributed by atoms with E-state index >= 15 is 0 Å². The van der Waals surface area contributed by atoms with Gasteiger partial charge in [-0.15, -0.1) is 0 Å².